The number of anilines is 2. The fourth-order valence-electron chi connectivity index (χ4n) is 3.62. The molecule has 0 aromatic carbocycles. The van der Waals surface area contributed by atoms with E-state index in [-0.39, 0.29) is 11.8 Å². The summed E-state index contributed by atoms with van der Waals surface area (Å²) in [6.07, 6.45) is 3.32. The van der Waals surface area contributed by atoms with E-state index in [1.54, 1.807) is 31.3 Å². The van der Waals surface area contributed by atoms with Gasteiger partial charge in [-0.25, -0.2) is 9.97 Å². The van der Waals surface area contributed by atoms with Gasteiger partial charge in [-0.15, -0.1) is 11.3 Å². The molecule has 2 amide bonds. The average molecular weight is 453 g/mol. The molecule has 10 heteroatoms. The van der Waals surface area contributed by atoms with Crippen LogP contribution < -0.4 is 10.2 Å². The molecule has 166 valence electrons. The second kappa shape index (κ2) is 9.84. The van der Waals surface area contributed by atoms with Crippen molar-refractivity contribution in [3.8, 4) is 11.3 Å². The number of hydrogen-bond donors (Lipinski definition) is 1. The number of nitrogens with one attached hydrogen (secondary N) is 1. The molecule has 4 heterocycles. The second-order valence-electron chi connectivity index (χ2n) is 7.29. The number of amides is 2. The van der Waals surface area contributed by atoms with Gasteiger partial charge in [0.25, 0.3) is 5.91 Å². The molecule has 9 nitrogen and oxygen atoms in total. The summed E-state index contributed by atoms with van der Waals surface area (Å²) in [6.45, 7) is 4.49. The summed E-state index contributed by atoms with van der Waals surface area (Å²) in [5.41, 5.74) is 3.47. The number of carbonyl (C=O) groups excluding carboxylic acids is 2. The van der Waals surface area contributed by atoms with Gasteiger partial charge in [-0.05, 0) is 24.3 Å². The van der Waals surface area contributed by atoms with Crippen molar-refractivity contribution in [2.75, 3.05) is 43.5 Å². The normalized spacial score (nSPS) is 13.8. The zero-order chi connectivity index (χ0) is 22.5. The van der Waals surface area contributed by atoms with Crippen LogP contribution >= 0.6 is 11.3 Å². The maximum absolute atomic E-state index is 13.0. The van der Waals surface area contributed by atoms with Gasteiger partial charge in [0.05, 0.1) is 23.7 Å². The van der Waals surface area contributed by atoms with Gasteiger partial charge in [0.15, 0.2) is 10.8 Å². The van der Waals surface area contributed by atoms with Crippen molar-refractivity contribution in [2.45, 2.75) is 13.5 Å². The van der Waals surface area contributed by atoms with Crippen molar-refractivity contribution >= 4 is 34.0 Å². The van der Waals surface area contributed by atoms with Gasteiger partial charge in [-0.3, -0.25) is 19.9 Å². The summed E-state index contributed by atoms with van der Waals surface area (Å²) in [7, 11) is 1.62. The lowest BCUT2D eigenvalue weighted by molar-refractivity contribution is -0.129. The van der Waals surface area contributed by atoms with Crippen LogP contribution in [0.25, 0.3) is 11.3 Å². The van der Waals surface area contributed by atoms with Crippen LogP contribution in [0.1, 0.15) is 23.1 Å². The number of methoxy groups -OCH3 is 1. The molecule has 1 N–H and O–H groups in total. The summed E-state index contributed by atoms with van der Waals surface area (Å²) < 4.78 is 5.22. The predicted molar refractivity (Wildman–Crippen MR) is 123 cm³/mol. The molecule has 0 saturated carbocycles. The minimum absolute atomic E-state index is 0.0654. The van der Waals surface area contributed by atoms with E-state index in [2.05, 4.69) is 25.2 Å². The molecule has 0 aliphatic carbocycles. The Morgan fingerprint density at radius 3 is 2.62 bits per heavy atom. The number of hydrogen-bond acceptors (Lipinski definition) is 8. The monoisotopic (exact) mass is 452 g/mol. The minimum atomic E-state index is -0.321. The number of nitrogens with zero attached hydrogens (tertiary/aromatic N) is 5. The number of carbonyl (C=O) groups is 2. The molecule has 3 aromatic rings. The molecule has 1 aliphatic heterocycles. The zero-order valence-corrected chi connectivity index (χ0v) is 18.8. The molecule has 1 aliphatic rings. The van der Waals surface area contributed by atoms with Crippen molar-refractivity contribution < 1.29 is 14.3 Å². The molecule has 1 saturated heterocycles. The molecule has 4 rings (SSSR count). The summed E-state index contributed by atoms with van der Waals surface area (Å²) in [4.78, 5) is 41.8. The Morgan fingerprint density at radius 1 is 1.12 bits per heavy atom. The highest BCUT2D eigenvalue weighted by Crippen LogP contribution is 2.28. The van der Waals surface area contributed by atoms with Crippen LogP contribution in [0.4, 0.5) is 10.8 Å². The fourth-order valence-corrected chi connectivity index (χ4v) is 4.33. The van der Waals surface area contributed by atoms with Crippen LogP contribution in [0.3, 0.4) is 0 Å². The Morgan fingerprint density at radius 2 is 1.88 bits per heavy atom. The molecule has 0 radical (unpaired) electrons. The number of ether oxygens (including phenoxy) is 1. The van der Waals surface area contributed by atoms with Crippen LogP contribution in [-0.2, 0) is 16.1 Å². The molecule has 0 spiro atoms. The van der Waals surface area contributed by atoms with E-state index in [0.29, 0.717) is 43.6 Å². The van der Waals surface area contributed by atoms with Crippen LogP contribution in [0, 0.1) is 0 Å². The number of rotatable bonds is 6. The van der Waals surface area contributed by atoms with Crippen LogP contribution in [0.2, 0.25) is 0 Å². The summed E-state index contributed by atoms with van der Waals surface area (Å²) in [5.74, 6) is -0.255. The third-order valence-electron chi connectivity index (χ3n) is 5.24. The molecular formula is C22H24N6O3S. The third kappa shape index (κ3) is 4.76. The van der Waals surface area contributed by atoms with E-state index in [0.717, 1.165) is 22.6 Å². The van der Waals surface area contributed by atoms with E-state index in [4.69, 9.17) is 4.74 Å². The van der Waals surface area contributed by atoms with Crippen molar-refractivity contribution in [1.82, 2.24) is 19.9 Å². The maximum atomic E-state index is 13.0. The molecule has 0 atom stereocenters. The van der Waals surface area contributed by atoms with Crippen molar-refractivity contribution in [3.63, 3.8) is 0 Å². The van der Waals surface area contributed by atoms with Crippen LogP contribution in [0.5, 0.6) is 0 Å². The highest BCUT2D eigenvalue weighted by Gasteiger charge is 2.24. The number of aromatic nitrogens is 3. The first kappa shape index (κ1) is 21.8. The van der Waals surface area contributed by atoms with Crippen molar-refractivity contribution in [3.05, 3.63) is 53.4 Å². The quantitative estimate of drug-likeness (QED) is 0.614. The maximum Gasteiger partial charge on any atom is 0.278 e. The first-order valence-electron chi connectivity index (χ1n) is 10.2. The lowest BCUT2D eigenvalue weighted by Gasteiger charge is -2.36. The lowest BCUT2D eigenvalue weighted by atomic mass is 10.1. The van der Waals surface area contributed by atoms with E-state index in [1.807, 2.05) is 29.6 Å². The first-order valence-corrected chi connectivity index (χ1v) is 11.1. The van der Waals surface area contributed by atoms with E-state index < -0.39 is 0 Å². The van der Waals surface area contributed by atoms with Crippen molar-refractivity contribution in [1.29, 1.82) is 0 Å². The number of piperazine rings is 1. The molecule has 0 bridgehead atoms. The highest BCUT2D eigenvalue weighted by atomic mass is 32.1. The summed E-state index contributed by atoms with van der Waals surface area (Å²) >= 11 is 1.34. The highest BCUT2D eigenvalue weighted by molar-refractivity contribution is 7.14. The Balaban J connectivity index is 1.50. The van der Waals surface area contributed by atoms with E-state index in [1.165, 1.54) is 11.3 Å². The van der Waals surface area contributed by atoms with E-state index >= 15 is 0 Å². The lowest BCUT2D eigenvalue weighted by Crippen LogP contribution is -2.48. The number of thiazole rings is 1. The predicted octanol–water partition coefficient (Wildman–Crippen LogP) is 2.67. The fraction of sp³-hybridized carbons (Fsp3) is 0.318. The smallest absolute Gasteiger partial charge is 0.278 e. The average Bonchev–Trinajstić information content (AvgIpc) is 3.28. The Kier molecular flexibility index (Phi) is 6.72. The molecule has 0 unspecified atom stereocenters. The molecule has 3 aromatic heterocycles. The SMILES string of the molecule is COCc1ncccc1-c1csc(NC(=O)c2ncccc2N2CCN(C(C)=O)CC2)n1. The van der Waals surface area contributed by atoms with Crippen LogP contribution in [0.15, 0.2) is 42.0 Å². The summed E-state index contributed by atoms with van der Waals surface area (Å²) in [6, 6.07) is 7.47. The van der Waals surface area contributed by atoms with Gasteiger partial charge >= 0.3 is 0 Å². The third-order valence-corrected chi connectivity index (χ3v) is 6.00. The van der Waals surface area contributed by atoms with Gasteiger partial charge in [-0.2, -0.15) is 0 Å². The van der Waals surface area contributed by atoms with E-state index in [9.17, 15) is 9.59 Å². The van der Waals surface area contributed by atoms with Gasteiger partial charge in [-0.1, -0.05) is 0 Å². The van der Waals surface area contributed by atoms with Gasteiger partial charge in [0.2, 0.25) is 5.91 Å². The Bertz CT molecular complexity index is 1110. The number of pyridine rings is 2. The largest absolute Gasteiger partial charge is 0.378 e. The van der Waals surface area contributed by atoms with Gasteiger partial charge in [0, 0.05) is 63.5 Å². The second-order valence-corrected chi connectivity index (χ2v) is 8.15. The minimum Gasteiger partial charge on any atom is -0.378 e. The van der Waals surface area contributed by atoms with Gasteiger partial charge in [0.1, 0.15) is 0 Å². The van der Waals surface area contributed by atoms with Crippen LogP contribution in [-0.4, -0.2) is 65.0 Å². The van der Waals surface area contributed by atoms with Crippen molar-refractivity contribution in [2.24, 2.45) is 0 Å². The first-order chi connectivity index (χ1) is 15.6. The molecular weight excluding hydrogens is 428 g/mol. The molecule has 1 fully saturated rings. The van der Waals surface area contributed by atoms with Gasteiger partial charge < -0.3 is 14.5 Å². The Labute approximate surface area is 190 Å². The standard InChI is InChI=1S/C22H24N6O3S/c1-15(29)27-9-11-28(12-10-27)19-6-4-8-24-20(19)21(30)26-22-25-18(14-32-22)16-5-3-7-23-17(16)13-31-2/h3-8,14H,9-13H2,1-2H3,(H,25,26,30). The Hall–Kier alpha value is -3.37. The topological polar surface area (TPSA) is 101 Å². The zero-order valence-electron chi connectivity index (χ0n) is 17.9. The summed E-state index contributed by atoms with van der Waals surface area (Å²) in [5, 5.41) is 5.23. The molecule has 32 heavy (non-hydrogen) atoms.